The lowest BCUT2D eigenvalue weighted by molar-refractivity contribution is -0.123. The molecule has 0 spiro atoms. The first-order valence-electron chi connectivity index (χ1n) is 6.20. The topological polar surface area (TPSA) is 17.1 Å². The molecule has 2 rings (SSSR count). The molecule has 0 aliphatic heterocycles. The summed E-state index contributed by atoms with van der Waals surface area (Å²) in [6.07, 6.45) is 4.08. The van der Waals surface area contributed by atoms with Gasteiger partial charge < -0.3 is 0 Å². The zero-order valence-corrected chi connectivity index (χ0v) is 10.9. The Morgan fingerprint density at radius 1 is 1.38 bits per heavy atom. The van der Waals surface area contributed by atoms with Crippen molar-refractivity contribution in [2.24, 2.45) is 17.8 Å². The van der Waals surface area contributed by atoms with E-state index in [9.17, 15) is 4.79 Å². The molecular weight excluding hydrogens is 216 g/mol. The molecule has 1 fully saturated rings. The Morgan fingerprint density at radius 2 is 2.19 bits per heavy atom. The minimum Gasteiger partial charge on any atom is -0.299 e. The molecule has 1 aromatic rings. The third-order valence-corrected chi connectivity index (χ3v) is 4.74. The Hall–Kier alpha value is -0.630. The van der Waals surface area contributed by atoms with Gasteiger partial charge in [-0.25, -0.2) is 0 Å². The van der Waals surface area contributed by atoms with E-state index in [0.717, 1.165) is 18.8 Å². The zero-order chi connectivity index (χ0) is 11.5. The lowest BCUT2D eigenvalue weighted by Gasteiger charge is -2.31. The highest BCUT2D eigenvalue weighted by molar-refractivity contribution is 7.07. The summed E-state index contributed by atoms with van der Waals surface area (Å²) < 4.78 is 0. The first-order valence-corrected chi connectivity index (χ1v) is 7.15. The van der Waals surface area contributed by atoms with Crippen LogP contribution in [0.3, 0.4) is 0 Å². The van der Waals surface area contributed by atoms with E-state index in [2.05, 4.69) is 25.3 Å². The van der Waals surface area contributed by atoms with Crippen LogP contribution < -0.4 is 0 Å². The van der Waals surface area contributed by atoms with Crippen molar-refractivity contribution < 1.29 is 4.79 Å². The van der Waals surface area contributed by atoms with Crippen LogP contribution in [0, 0.1) is 17.8 Å². The van der Waals surface area contributed by atoms with Crippen molar-refractivity contribution in [2.45, 2.75) is 39.5 Å². The Morgan fingerprint density at radius 3 is 2.81 bits per heavy atom. The van der Waals surface area contributed by atoms with Gasteiger partial charge in [0.1, 0.15) is 5.78 Å². The summed E-state index contributed by atoms with van der Waals surface area (Å²) in [5.41, 5.74) is 1.20. The van der Waals surface area contributed by atoms with Gasteiger partial charge in [0.05, 0.1) is 0 Å². The molecule has 16 heavy (non-hydrogen) atoms. The van der Waals surface area contributed by atoms with E-state index in [4.69, 9.17) is 0 Å². The molecule has 1 nitrogen and oxygen atoms in total. The van der Waals surface area contributed by atoms with Gasteiger partial charge in [0.15, 0.2) is 0 Å². The number of thiophene rings is 1. The molecule has 0 saturated heterocycles. The maximum atomic E-state index is 12.1. The summed E-state index contributed by atoms with van der Waals surface area (Å²) in [5, 5.41) is 4.14. The molecule has 3 atom stereocenters. The van der Waals surface area contributed by atoms with Crippen LogP contribution in [0.1, 0.15) is 38.7 Å². The molecule has 1 aliphatic carbocycles. The van der Waals surface area contributed by atoms with Gasteiger partial charge in [0.2, 0.25) is 0 Å². The molecule has 1 heterocycles. The molecule has 1 saturated carbocycles. The molecule has 88 valence electrons. The molecule has 0 bridgehead atoms. The second-order valence-electron chi connectivity index (χ2n) is 5.24. The largest absolute Gasteiger partial charge is 0.299 e. The quantitative estimate of drug-likeness (QED) is 0.777. The average molecular weight is 236 g/mol. The SMILES string of the molecule is CC1CCC(C(=O)Cc2ccsc2)CC1C. The number of ketones is 1. The van der Waals surface area contributed by atoms with Gasteiger partial charge in [-0.05, 0) is 53.5 Å². The summed E-state index contributed by atoms with van der Waals surface area (Å²) in [7, 11) is 0. The van der Waals surface area contributed by atoms with Crippen LogP contribution in [0.15, 0.2) is 16.8 Å². The summed E-state index contributed by atoms with van der Waals surface area (Å²) >= 11 is 1.68. The van der Waals surface area contributed by atoms with Gasteiger partial charge in [-0.3, -0.25) is 4.79 Å². The normalized spacial score (nSPS) is 30.2. The minimum absolute atomic E-state index is 0.325. The second-order valence-corrected chi connectivity index (χ2v) is 6.02. The molecule has 0 radical (unpaired) electrons. The highest BCUT2D eigenvalue weighted by Crippen LogP contribution is 2.34. The van der Waals surface area contributed by atoms with Crippen molar-refractivity contribution in [3.63, 3.8) is 0 Å². The fourth-order valence-electron chi connectivity index (χ4n) is 2.58. The standard InChI is InChI=1S/C14H20OS/c1-10-3-4-13(7-11(10)2)14(15)8-12-5-6-16-9-12/h5-6,9-11,13H,3-4,7-8H2,1-2H3. The molecule has 0 N–H and O–H groups in total. The van der Waals surface area contributed by atoms with Gasteiger partial charge in [0, 0.05) is 12.3 Å². The third kappa shape index (κ3) is 2.73. The Labute approximate surface area is 102 Å². The Balaban J connectivity index is 1.90. The van der Waals surface area contributed by atoms with Crippen molar-refractivity contribution in [1.82, 2.24) is 0 Å². The van der Waals surface area contributed by atoms with Crippen LogP contribution in [-0.4, -0.2) is 5.78 Å². The molecule has 0 amide bonds. The third-order valence-electron chi connectivity index (χ3n) is 4.01. The van der Waals surface area contributed by atoms with Crippen LogP contribution in [0.5, 0.6) is 0 Å². The predicted molar refractivity (Wildman–Crippen MR) is 68.7 cm³/mol. The molecule has 0 aromatic carbocycles. The fourth-order valence-corrected chi connectivity index (χ4v) is 3.25. The first kappa shape index (κ1) is 11.8. The average Bonchev–Trinajstić information content (AvgIpc) is 2.74. The van der Waals surface area contributed by atoms with Crippen molar-refractivity contribution in [3.05, 3.63) is 22.4 Å². The molecule has 3 unspecified atom stereocenters. The van der Waals surface area contributed by atoms with E-state index in [0.29, 0.717) is 24.0 Å². The zero-order valence-electron chi connectivity index (χ0n) is 10.1. The van der Waals surface area contributed by atoms with E-state index in [-0.39, 0.29) is 0 Å². The molecular formula is C14H20OS. The Bertz CT molecular complexity index is 342. The first-order chi connectivity index (χ1) is 7.66. The van der Waals surface area contributed by atoms with Crippen LogP contribution in [0.2, 0.25) is 0 Å². The van der Waals surface area contributed by atoms with E-state index in [1.165, 1.54) is 12.0 Å². The van der Waals surface area contributed by atoms with Gasteiger partial charge in [-0.2, -0.15) is 11.3 Å². The summed E-state index contributed by atoms with van der Waals surface area (Å²) in [4.78, 5) is 12.1. The number of hydrogen-bond donors (Lipinski definition) is 0. The number of carbonyl (C=O) groups excluding carboxylic acids is 1. The van der Waals surface area contributed by atoms with E-state index in [1.807, 2.05) is 5.38 Å². The number of Topliss-reactive ketones (excluding diaryl/α,β-unsaturated/α-hetero) is 1. The molecule has 1 aliphatic rings. The summed E-state index contributed by atoms with van der Waals surface area (Å²) in [6, 6.07) is 2.07. The summed E-state index contributed by atoms with van der Waals surface area (Å²) in [6.45, 7) is 4.60. The highest BCUT2D eigenvalue weighted by Gasteiger charge is 2.28. The van der Waals surface area contributed by atoms with Crippen molar-refractivity contribution >= 4 is 17.1 Å². The number of carbonyl (C=O) groups is 1. The van der Waals surface area contributed by atoms with Crippen molar-refractivity contribution in [3.8, 4) is 0 Å². The van der Waals surface area contributed by atoms with Crippen molar-refractivity contribution in [1.29, 1.82) is 0 Å². The smallest absolute Gasteiger partial charge is 0.140 e. The van der Waals surface area contributed by atoms with Crippen LogP contribution in [-0.2, 0) is 11.2 Å². The number of rotatable bonds is 3. The lowest BCUT2D eigenvalue weighted by atomic mass is 9.74. The maximum Gasteiger partial charge on any atom is 0.140 e. The molecule has 1 aromatic heterocycles. The predicted octanol–water partition coefficient (Wildman–Crippen LogP) is 3.93. The highest BCUT2D eigenvalue weighted by atomic mass is 32.1. The molecule has 2 heteroatoms. The lowest BCUT2D eigenvalue weighted by Crippen LogP contribution is -2.27. The monoisotopic (exact) mass is 236 g/mol. The van der Waals surface area contributed by atoms with E-state index in [1.54, 1.807) is 11.3 Å². The Kier molecular flexibility index (Phi) is 3.80. The van der Waals surface area contributed by atoms with Crippen LogP contribution >= 0.6 is 11.3 Å². The van der Waals surface area contributed by atoms with E-state index < -0.39 is 0 Å². The van der Waals surface area contributed by atoms with Gasteiger partial charge >= 0.3 is 0 Å². The minimum atomic E-state index is 0.325. The van der Waals surface area contributed by atoms with Crippen LogP contribution in [0.25, 0.3) is 0 Å². The van der Waals surface area contributed by atoms with Crippen molar-refractivity contribution in [2.75, 3.05) is 0 Å². The van der Waals surface area contributed by atoms with Crippen LogP contribution in [0.4, 0.5) is 0 Å². The second kappa shape index (κ2) is 5.13. The number of hydrogen-bond acceptors (Lipinski definition) is 2. The fraction of sp³-hybridized carbons (Fsp3) is 0.643. The summed E-state index contributed by atoms with van der Waals surface area (Å²) in [5.74, 6) is 2.29. The van der Waals surface area contributed by atoms with Gasteiger partial charge in [-0.1, -0.05) is 13.8 Å². The van der Waals surface area contributed by atoms with E-state index >= 15 is 0 Å². The van der Waals surface area contributed by atoms with Gasteiger partial charge in [0.25, 0.3) is 0 Å². The van der Waals surface area contributed by atoms with Gasteiger partial charge in [-0.15, -0.1) is 0 Å². The maximum absolute atomic E-state index is 12.1.